The molecule has 1 saturated carbocycles. The Balaban J connectivity index is 1.02. The van der Waals surface area contributed by atoms with Gasteiger partial charge in [-0.25, -0.2) is 8.78 Å². The molecule has 298 valence electrons. The maximum Gasteiger partial charge on any atom is 0.236 e. The summed E-state index contributed by atoms with van der Waals surface area (Å²) in [4.78, 5) is 38.7. The smallest absolute Gasteiger partial charge is 0.236 e. The van der Waals surface area contributed by atoms with Gasteiger partial charge < -0.3 is 42.4 Å². The van der Waals surface area contributed by atoms with Gasteiger partial charge in [-0.05, 0) is 119 Å². The third kappa shape index (κ3) is 11.5. The Bertz CT molecular complexity index is 1730. The van der Waals surface area contributed by atoms with Crippen molar-refractivity contribution in [3.8, 4) is 5.75 Å². The molecule has 4 aliphatic rings. The SMILES string of the molecule is CC(=O)NC1=C(C=NC2CCC(NCCCN=C(N)N)CC2)Oc2ccc(C3CCN(C(=O)CN(Cc4ccc(F)c(F)c4)C4CCNCC4)CC3)cc2N1. The molecule has 2 saturated heterocycles. The van der Waals surface area contributed by atoms with Gasteiger partial charge in [0.25, 0.3) is 0 Å². The van der Waals surface area contributed by atoms with E-state index in [0.717, 1.165) is 94.7 Å². The van der Waals surface area contributed by atoms with Gasteiger partial charge in [-0.1, -0.05) is 12.1 Å². The number of hydrogen-bond acceptors (Lipinski definition) is 9. The number of halogens is 2. The molecule has 0 atom stereocenters. The summed E-state index contributed by atoms with van der Waals surface area (Å²) in [7, 11) is 0. The first-order chi connectivity index (χ1) is 26.6. The summed E-state index contributed by atoms with van der Waals surface area (Å²) in [5.74, 6) is 0.0390. The van der Waals surface area contributed by atoms with E-state index in [-0.39, 0.29) is 42.3 Å². The Hall–Kier alpha value is -4.60. The molecule has 0 spiro atoms. The van der Waals surface area contributed by atoms with Gasteiger partial charge in [-0.2, -0.15) is 0 Å². The van der Waals surface area contributed by atoms with E-state index < -0.39 is 11.6 Å². The number of hydrogen-bond donors (Lipinski definition) is 6. The Morgan fingerprint density at radius 2 is 1.76 bits per heavy atom. The number of anilines is 1. The number of nitrogens with zero attached hydrogens (tertiary/aromatic N) is 4. The zero-order valence-electron chi connectivity index (χ0n) is 31.8. The number of amides is 2. The average molecular weight is 763 g/mol. The second-order valence-electron chi connectivity index (χ2n) is 15.1. The molecule has 2 aromatic carbocycles. The zero-order valence-corrected chi connectivity index (χ0v) is 31.8. The summed E-state index contributed by atoms with van der Waals surface area (Å²) in [5, 5.41) is 13.2. The van der Waals surface area contributed by atoms with Gasteiger partial charge in [0.05, 0.1) is 24.5 Å². The number of nitrogens with one attached hydrogen (secondary N) is 4. The van der Waals surface area contributed by atoms with Crippen molar-refractivity contribution in [1.82, 2.24) is 25.8 Å². The number of aliphatic imine (C=N–C) groups is 2. The topological polar surface area (TPSA) is 175 Å². The number of ether oxygens (including phenoxy) is 1. The standard InChI is InChI=1S/C40H56F2N10O3/c1-26(53)49-39-37(23-48-31-7-5-30(6-8-31)46-15-2-16-47-40(43)44)55-36-10-4-29(22-35(36)50-39)28-13-19-51(20-14-28)38(54)25-52(32-11-17-45-18-12-32)24-27-3-9-33(41)34(42)21-27/h3-4,9-10,21-23,28,30-32,45-46,50H,2,5-8,11-20,24-25H2,1H3,(H,49,53)(H4,43,44,47). The maximum absolute atomic E-state index is 14.0. The van der Waals surface area contributed by atoms with Crippen molar-refractivity contribution in [3.63, 3.8) is 0 Å². The molecule has 2 aromatic rings. The van der Waals surface area contributed by atoms with Gasteiger partial charge in [0.15, 0.2) is 34.9 Å². The van der Waals surface area contributed by atoms with Gasteiger partial charge in [0.1, 0.15) is 0 Å². The van der Waals surface area contributed by atoms with E-state index >= 15 is 0 Å². The van der Waals surface area contributed by atoms with Crippen LogP contribution in [0.3, 0.4) is 0 Å². The number of nitrogens with two attached hydrogens (primary N) is 2. The van der Waals surface area contributed by atoms with E-state index in [2.05, 4.69) is 43.3 Å². The molecular weight excluding hydrogens is 707 g/mol. The zero-order chi connectivity index (χ0) is 38.7. The van der Waals surface area contributed by atoms with Gasteiger partial charge in [0.2, 0.25) is 11.8 Å². The van der Waals surface area contributed by atoms with E-state index in [1.165, 1.54) is 13.0 Å². The molecule has 2 amide bonds. The van der Waals surface area contributed by atoms with Crippen molar-refractivity contribution in [2.45, 2.75) is 95.3 Å². The second-order valence-corrected chi connectivity index (χ2v) is 15.1. The number of rotatable bonds is 14. The Labute approximate surface area is 322 Å². The molecule has 3 fully saturated rings. The fourth-order valence-electron chi connectivity index (χ4n) is 8.00. The highest BCUT2D eigenvalue weighted by Crippen LogP contribution is 2.37. The van der Waals surface area contributed by atoms with Gasteiger partial charge in [-0.3, -0.25) is 24.5 Å². The van der Waals surface area contributed by atoms with Crippen LogP contribution >= 0.6 is 0 Å². The van der Waals surface area contributed by atoms with E-state index in [1.807, 2.05) is 11.0 Å². The Morgan fingerprint density at radius 1 is 1.00 bits per heavy atom. The molecular formula is C40H56F2N10O3. The van der Waals surface area contributed by atoms with Crippen LogP contribution in [0, 0.1) is 11.6 Å². The lowest BCUT2D eigenvalue weighted by Crippen LogP contribution is -2.49. The molecule has 3 aliphatic heterocycles. The summed E-state index contributed by atoms with van der Waals surface area (Å²) in [6.07, 6.45) is 9.97. The minimum absolute atomic E-state index is 0.0556. The molecule has 55 heavy (non-hydrogen) atoms. The van der Waals surface area contributed by atoms with Crippen molar-refractivity contribution in [2.75, 3.05) is 51.1 Å². The highest BCUT2D eigenvalue weighted by atomic mass is 19.2. The third-order valence-corrected chi connectivity index (χ3v) is 11.0. The van der Waals surface area contributed by atoms with Gasteiger partial charge in [-0.15, -0.1) is 0 Å². The molecule has 0 unspecified atom stereocenters. The molecule has 3 heterocycles. The van der Waals surface area contributed by atoms with Crippen LogP contribution < -0.4 is 37.5 Å². The van der Waals surface area contributed by atoms with Crippen LogP contribution in [-0.4, -0.2) is 97.7 Å². The quantitative estimate of drug-likeness (QED) is 0.0954. The van der Waals surface area contributed by atoms with Crippen LogP contribution in [-0.2, 0) is 16.1 Å². The monoisotopic (exact) mass is 762 g/mol. The molecule has 6 rings (SSSR count). The summed E-state index contributed by atoms with van der Waals surface area (Å²) >= 11 is 0. The van der Waals surface area contributed by atoms with Crippen molar-refractivity contribution < 1.29 is 23.1 Å². The Morgan fingerprint density at radius 3 is 2.47 bits per heavy atom. The number of guanidine groups is 1. The van der Waals surface area contributed by atoms with Gasteiger partial charge >= 0.3 is 0 Å². The summed E-state index contributed by atoms with van der Waals surface area (Å²) in [6.45, 7) is 6.56. The minimum atomic E-state index is -0.872. The lowest BCUT2D eigenvalue weighted by molar-refractivity contribution is -0.134. The van der Waals surface area contributed by atoms with Crippen LogP contribution in [0.4, 0.5) is 14.5 Å². The molecule has 15 heteroatoms. The number of benzene rings is 2. The molecule has 0 radical (unpaired) electrons. The van der Waals surface area contributed by atoms with E-state index in [0.29, 0.717) is 55.1 Å². The maximum atomic E-state index is 14.0. The number of allylic oxidation sites excluding steroid dienone is 1. The minimum Gasteiger partial charge on any atom is -0.450 e. The summed E-state index contributed by atoms with van der Waals surface area (Å²) in [5.41, 5.74) is 13.3. The second kappa shape index (κ2) is 19.3. The van der Waals surface area contributed by atoms with E-state index in [9.17, 15) is 18.4 Å². The first-order valence-corrected chi connectivity index (χ1v) is 19.7. The van der Waals surface area contributed by atoms with Crippen LogP contribution in [0.15, 0.2) is 58.0 Å². The molecule has 0 bridgehead atoms. The number of piperidine rings is 2. The number of carbonyl (C=O) groups excluding carboxylic acids is 2. The van der Waals surface area contributed by atoms with E-state index in [4.69, 9.17) is 21.2 Å². The third-order valence-electron chi connectivity index (χ3n) is 11.0. The Kier molecular flexibility index (Phi) is 14.1. The van der Waals surface area contributed by atoms with Gasteiger partial charge in [0, 0.05) is 45.2 Å². The van der Waals surface area contributed by atoms with Crippen molar-refractivity contribution in [3.05, 3.63) is 70.7 Å². The number of fused-ring (bicyclic) bond motifs is 1. The molecule has 0 aromatic heterocycles. The van der Waals surface area contributed by atoms with Crippen LogP contribution in [0.2, 0.25) is 0 Å². The lowest BCUT2D eigenvalue weighted by Gasteiger charge is -2.37. The lowest BCUT2D eigenvalue weighted by atomic mass is 9.89. The highest BCUT2D eigenvalue weighted by molar-refractivity contribution is 5.85. The summed E-state index contributed by atoms with van der Waals surface area (Å²) in [6, 6.07) is 10.9. The largest absolute Gasteiger partial charge is 0.450 e. The highest BCUT2D eigenvalue weighted by Gasteiger charge is 2.30. The average Bonchev–Trinajstić information content (AvgIpc) is 3.18. The number of likely N-dealkylation sites (tertiary alicyclic amines) is 1. The van der Waals surface area contributed by atoms with Crippen LogP contribution in [0.25, 0.3) is 0 Å². The predicted octanol–water partition coefficient (Wildman–Crippen LogP) is 3.67. The fraction of sp³-hybridized carbons (Fsp3) is 0.550. The van der Waals surface area contributed by atoms with Crippen molar-refractivity contribution in [1.29, 1.82) is 0 Å². The fourth-order valence-corrected chi connectivity index (χ4v) is 8.00. The first-order valence-electron chi connectivity index (χ1n) is 19.7. The van der Waals surface area contributed by atoms with Crippen molar-refractivity contribution in [2.24, 2.45) is 21.5 Å². The predicted molar refractivity (Wildman–Crippen MR) is 211 cm³/mol. The molecule has 1 aliphatic carbocycles. The normalized spacial score (nSPS) is 20.9. The molecule has 13 nitrogen and oxygen atoms in total. The number of carbonyl (C=O) groups is 2. The molecule has 8 N–H and O–H groups in total. The summed E-state index contributed by atoms with van der Waals surface area (Å²) < 4.78 is 33.9. The van der Waals surface area contributed by atoms with Crippen molar-refractivity contribution >= 4 is 29.7 Å². The van der Waals surface area contributed by atoms with Crippen LogP contribution in [0.5, 0.6) is 5.75 Å². The van der Waals surface area contributed by atoms with E-state index in [1.54, 1.807) is 12.3 Å². The first kappa shape index (κ1) is 40.1. The van der Waals surface area contributed by atoms with Crippen LogP contribution in [0.1, 0.15) is 81.8 Å².